The van der Waals surface area contributed by atoms with Gasteiger partial charge in [0, 0.05) is 0 Å². The lowest BCUT2D eigenvalue weighted by atomic mass is 9.95. The van der Waals surface area contributed by atoms with Crippen molar-refractivity contribution in [1.29, 1.82) is 0 Å². The molecule has 0 heterocycles. The fraction of sp³-hybridized carbons (Fsp3) is 0.476. The molecule has 3 atom stereocenters. The molecule has 0 saturated carbocycles. The summed E-state index contributed by atoms with van der Waals surface area (Å²) in [5.74, 6) is -6.24. The highest BCUT2D eigenvalue weighted by Gasteiger charge is 2.39. The maximum atomic E-state index is 12.5. The molecule has 0 radical (unpaired) electrons. The number of aliphatic hydroxyl groups excluding tert-OH is 1. The van der Waals surface area contributed by atoms with E-state index >= 15 is 0 Å². The summed E-state index contributed by atoms with van der Waals surface area (Å²) in [6.45, 7) is 1.93. The quantitative estimate of drug-likeness (QED) is 0.227. The van der Waals surface area contributed by atoms with E-state index in [1.54, 1.807) is 30.3 Å². The second-order valence-corrected chi connectivity index (χ2v) is 6.63. The van der Waals surface area contributed by atoms with Crippen LogP contribution in [-0.4, -0.2) is 72.0 Å². The van der Waals surface area contributed by atoms with Crippen LogP contribution < -0.4 is 10.6 Å². The van der Waals surface area contributed by atoms with Crippen molar-refractivity contribution >= 4 is 29.9 Å². The van der Waals surface area contributed by atoms with E-state index in [2.05, 4.69) is 10.6 Å². The Morgan fingerprint density at radius 1 is 0.939 bits per heavy atom. The number of alkyl carbamates (subject to hydrolysis) is 1. The Kier molecular flexibility index (Phi) is 11.9. The topological polar surface area (TPSA) is 178 Å². The Hall–Kier alpha value is -3.67. The minimum atomic E-state index is -1.89. The van der Waals surface area contributed by atoms with Gasteiger partial charge in [0.05, 0.1) is 32.2 Å². The third kappa shape index (κ3) is 9.56. The number of ether oxygens (including phenoxy) is 3. The molecule has 2 amide bonds. The number of hydrogen-bond donors (Lipinski definition) is 4. The van der Waals surface area contributed by atoms with Gasteiger partial charge in [-0.2, -0.15) is 0 Å². The van der Waals surface area contributed by atoms with Gasteiger partial charge in [0.2, 0.25) is 5.91 Å². The summed E-state index contributed by atoms with van der Waals surface area (Å²) in [7, 11) is 0. The van der Waals surface area contributed by atoms with E-state index in [4.69, 9.17) is 14.2 Å². The molecule has 0 fully saturated rings. The predicted octanol–water partition coefficient (Wildman–Crippen LogP) is -0.0244. The number of rotatable bonds is 13. The lowest BCUT2D eigenvalue weighted by Gasteiger charge is -2.25. The molecule has 182 valence electrons. The van der Waals surface area contributed by atoms with E-state index in [0.29, 0.717) is 5.56 Å². The number of aliphatic hydroxyl groups is 1. The Morgan fingerprint density at radius 2 is 1.58 bits per heavy atom. The average Bonchev–Trinajstić information content (AvgIpc) is 2.79. The number of carboxylic acids is 1. The summed E-state index contributed by atoms with van der Waals surface area (Å²) in [6, 6.07) is 5.20. The van der Waals surface area contributed by atoms with Crippen LogP contribution in [-0.2, 0) is 40.0 Å². The van der Waals surface area contributed by atoms with Gasteiger partial charge in [0.15, 0.2) is 0 Å². The van der Waals surface area contributed by atoms with E-state index in [1.807, 2.05) is 0 Å². The van der Waals surface area contributed by atoms with Crippen molar-refractivity contribution in [2.75, 3.05) is 19.8 Å². The third-order valence-corrected chi connectivity index (χ3v) is 4.25. The van der Waals surface area contributed by atoms with Gasteiger partial charge < -0.3 is 35.1 Å². The van der Waals surface area contributed by atoms with E-state index in [0.717, 1.165) is 0 Å². The van der Waals surface area contributed by atoms with Crippen LogP contribution >= 0.6 is 0 Å². The van der Waals surface area contributed by atoms with Gasteiger partial charge in [0.25, 0.3) is 0 Å². The van der Waals surface area contributed by atoms with Crippen LogP contribution in [0.2, 0.25) is 0 Å². The zero-order valence-electron chi connectivity index (χ0n) is 18.3. The molecule has 0 spiro atoms. The molecule has 0 aliphatic carbocycles. The van der Waals surface area contributed by atoms with Crippen LogP contribution in [0.15, 0.2) is 30.3 Å². The fourth-order valence-electron chi connectivity index (χ4n) is 2.68. The van der Waals surface area contributed by atoms with Crippen LogP contribution in [0.25, 0.3) is 0 Å². The molecule has 1 aromatic rings. The van der Waals surface area contributed by atoms with E-state index in [9.17, 15) is 34.2 Å². The molecular weight excluding hydrogens is 440 g/mol. The zero-order valence-corrected chi connectivity index (χ0v) is 18.3. The van der Waals surface area contributed by atoms with Crippen LogP contribution in [0.3, 0.4) is 0 Å². The first-order valence-corrected chi connectivity index (χ1v) is 10.2. The zero-order chi connectivity index (χ0) is 24.8. The molecule has 4 N–H and O–H groups in total. The van der Waals surface area contributed by atoms with Gasteiger partial charge >= 0.3 is 24.0 Å². The second kappa shape index (κ2) is 14.4. The number of carbonyl (C=O) groups is 5. The maximum Gasteiger partial charge on any atom is 0.408 e. The van der Waals surface area contributed by atoms with Crippen molar-refractivity contribution in [3.8, 4) is 0 Å². The van der Waals surface area contributed by atoms with Crippen LogP contribution in [0, 0.1) is 5.92 Å². The summed E-state index contributed by atoms with van der Waals surface area (Å²) in [5, 5.41) is 23.2. The van der Waals surface area contributed by atoms with E-state index in [1.165, 1.54) is 13.8 Å². The lowest BCUT2D eigenvalue weighted by molar-refractivity contribution is -0.160. The first-order chi connectivity index (χ1) is 15.7. The molecule has 12 heteroatoms. The van der Waals surface area contributed by atoms with Gasteiger partial charge in [-0.05, 0) is 19.4 Å². The highest BCUT2D eigenvalue weighted by Crippen LogP contribution is 2.14. The highest BCUT2D eigenvalue weighted by molar-refractivity contribution is 5.93. The van der Waals surface area contributed by atoms with Gasteiger partial charge in [-0.1, -0.05) is 30.3 Å². The van der Waals surface area contributed by atoms with Crippen LogP contribution in [0.5, 0.6) is 0 Å². The molecule has 33 heavy (non-hydrogen) atoms. The van der Waals surface area contributed by atoms with Crippen molar-refractivity contribution in [2.24, 2.45) is 5.92 Å². The fourth-order valence-corrected chi connectivity index (χ4v) is 2.68. The number of esters is 2. The monoisotopic (exact) mass is 468 g/mol. The molecule has 0 bridgehead atoms. The molecule has 1 rings (SSSR count). The van der Waals surface area contributed by atoms with Crippen molar-refractivity contribution in [1.82, 2.24) is 10.6 Å². The molecule has 0 aromatic heterocycles. The maximum absolute atomic E-state index is 12.5. The number of aliphatic carboxylic acids is 1. The number of amides is 2. The average molecular weight is 468 g/mol. The first kappa shape index (κ1) is 27.4. The van der Waals surface area contributed by atoms with Crippen molar-refractivity contribution < 1.29 is 48.4 Å². The smallest absolute Gasteiger partial charge is 0.408 e. The molecule has 0 saturated heterocycles. The summed E-state index contributed by atoms with van der Waals surface area (Å²) in [5.41, 5.74) is 0.680. The van der Waals surface area contributed by atoms with Gasteiger partial charge in [-0.15, -0.1) is 0 Å². The molecule has 1 aromatic carbocycles. The summed E-state index contributed by atoms with van der Waals surface area (Å²) >= 11 is 0. The Balaban J connectivity index is 2.86. The summed E-state index contributed by atoms with van der Waals surface area (Å²) in [4.78, 5) is 60.4. The molecule has 12 nitrogen and oxygen atoms in total. The molecule has 0 aliphatic heterocycles. The number of carbonyl (C=O) groups excluding carboxylic acids is 4. The first-order valence-electron chi connectivity index (χ1n) is 10.2. The Morgan fingerprint density at radius 3 is 2.12 bits per heavy atom. The molecule has 0 aliphatic rings. The van der Waals surface area contributed by atoms with Crippen LogP contribution in [0.4, 0.5) is 4.79 Å². The van der Waals surface area contributed by atoms with Gasteiger partial charge in [0.1, 0.15) is 18.7 Å². The summed E-state index contributed by atoms with van der Waals surface area (Å²) < 4.78 is 14.5. The number of benzene rings is 1. The summed E-state index contributed by atoms with van der Waals surface area (Å²) in [6.07, 6.45) is -1.70. The number of carboxylic acid groups (broad SMARTS) is 1. The normalized spacial score (nSPS) is 13.1. The Labute approximate surface area is 190 Å². The van der Waals surface area contributed by atoms with Gasteiger partial charge in [-0.25, -0.2) is 9.59 Å². The van der Waals surface area contributed by atoms with Crippen molar-refractivity contribution in [3.05, 3.63) is 35.9 Å². The standard InChI is InChI=1S/C21H28N2O10/c1-3-31-16(25)10-14(20(29)32-4-2)17(19(27)28)23-18(26)15(11-24)22-21(30)33-12-13-8-6-5-7-9-13/h5-9,14-15,17,24H,3-4,10-12H2,1-2H3,(H,22,30)(H,23,26)(H,27,28)/t14-,15-,17-/m0/s1. The van der Waals surface area contributed by atoms with Gasteiger partial charge in [-0.3, -0.25) is 14.4 Å². The lowest BCUT2D eigenvalue weighted by Crippen LogP contribution is -2.56. The third-order valence-electron chi connectivity index (χ3n) is 4.25. The van der Waals surface area contributed by atoms with Crippen molar-refractivity contribution in [3.63, 3.8) is 0 Å². The Bertz CT molecular complexity index is 815. The minimum Gasteiger partial charge on any atom is -0.480 e. The van der Waals surface area contributed by atoms with Crippen LogP contribution in [0.1, 0.15) is 25.8 Å². The largest absolute Gasteiger partial charge is 0.480 e. The number of hydrogen-bond acceptors (Lipinski definition) is 9. The predicted molar refractivity (Wildman–Crippen MR) is 112 cm³/mol. The second-order valence-electron chi connectivity index (χ2n) is 6.63. The van der Waals surface area contributed by atoms with E-state index in [-0.39, 0.29) is 19.8 Å². The van der Waals surface area contributed by atoms with E-state index < -0.39 is 60.9 Å². The number of nitrogens with one attached hydrogen (secondary N) is 2. The molecular formula is C21H28N2O10. The minimum absolute atomic E-state index is 0.0000748. The highest BCUT2D eigenvalue weighted by atomic mass is 16.6. The SMILES string of the molecule is CCOC(=O)C[C@H](C(=O)OCC)[C@H](NC(=O)[C@H](CO)NC(=O)OCc1ccccc1)C(=O)O. The molecule has 0 unspecified atom stereocenters. The van der Waals surface area contributed by atoms with Crippen molar-refractivity contribution in [2.45, 2.75) is 39.0 Å².